The molecule has 1 aromatic rings. The van der Waals surface area contributed by atoms with E-state index in [1.807, 2.05) is 18.2 Å². The molecule has 6 rings (SSSR count). The molecule has 182 valence electrons. The van der Waals surface area contributed by atoms with E-state index in [1.54, 1.807) is 4.90 Å². The monoisotopic (exact) mass is 467 g/mol. The minimum Gasteiger partial charge on any atom is -0.489 e. The van der Waals surface area contributed by atoms with Crippen LogP contribution in [0.4, 0.5) is 0 Å². The number of carbonyl (C=O) groups is 2. The third-order valence-electron chi connectivity index (χ3n) is 8.15. The largest absolute Gasteiger partial charge is 0.489 e. The average molecular weight is 468 g/mol. The molecule has 0 aromatic heterocycles. The number of carbonyl (C=O) groups excluding carboxylic acids is 2. The first-order valence-electron chi connectivity index (χ1n) is 12.6. The van der Waals surface area contributed by atoms with Gasteiger partial charge in [-0.1, -0.05) is 6.58 Å². The minimum atomic E-state index is -0.441. The number of fused-ring (bicyclic) bond motifs is 1. The van der Waals surface area contributed by atoms with Gasteiger partial charge in [0.05, 0.1) is 13.2 Å². The van der Waals surface area contributed by atoms with Gasteiger partial charge in [-0.05, 0) is 55.9 Å². The molecule has 1 aromatic carbocycles. The zero-order valence-electron chi connectivity index (χ0n) is 19.6. The number of likely N-dealkylation sites (tertiary alicyclic amines) is 1. The lowest BCUT2D eigenvalue weighted by Gasteiger charge is -2.41. The molecular formula is C26H33N3O5. The van der Waals surface area contributed by atoms with Gasteiger partial charge < -0.3 is 24.4 Å². The van der Waals surface area contributed by atoms with E-state index in [4.69, 9.17) is 14.2 Å². The second-order valence-corrected chi connectivity index (χ2v) is 10.2. The highest BCUT2D eigenvalue weighted by Crippen LogP contribution is 2.37. The molecule has 8 heteroatoms. The molecule has 1 unspecified atom stereocenters. The molecule has 1 saturated carbocycles. The van der Waals surface area contributed by atoms with Crippen molar-refractivity contribution in [2.45, 2.75) is 75.5 Å². The summed E-state index contributed by atoms with van der Waals surface area (Å²) < 4.78 is 18.3. The van der Waals surface area contributed by atoms with Crippen LogP contribution in [0.5, 0.6) is 5.75 Å². The highest BCUT2D eigenvalue weighted by Gasteiger charge is 2.44. The Hall–Kier alpha value is -2.42. The molecule has 0 radical (unpaired) electrons. The van der Waals surface area contributed by atoms with Crippen molar-refractivity contribution in [1.82, 2.24) is 15.1 Å². The van der Waals surface area contributed by atoms with E-state index in [2.05, 4.69) is 16.8 Å². The highest BCUT2D eigenvalue weighted by atomic mass is 16.7. The Labute approximate surface area is 200 Å². The number of allylic oxidation sites excluding steroid dienone is 1. The standard InChI is InChI=1S/C26H33N3O5/c1-17-5-8-22(24(30)27-17)29-16-18-15-19(6-7-20(18)25(29)31)34-23-4-2-3-21(23)28-11-9-26(10-12-28)32-13-14-33-26/h6-7,15,21-23H,1-5,8-14,16H2,(H,27,30)/t21-,22?,23-/m1/s1. The van der Waals surface area contributed by atoms with Gasteiger partial charge in [0.15, 0.2) is 5.79 Å². The predicted octanol–water partition coefficient (Wildman–Crippen LogP) is 2.57. The topological polar surface area (TPSA) is 80.3 Å². The summed E-state index contributed by atoms with van der Waals surface area (Å²) >= 11 is 0. The van der Waals surface area contributed by atoms with Gasteiger partial charge in [-0.2, -0.15) is 0 Å². The lowest BCUT2D eigenvalue weighted by atomic mass is 10.0. The van der Waals surface area contributed by atoms with Crippen molar-refractivity contribution >= 4 is 11.8 Å². The number of rotatable bonds is 4. The summed E-state index contributed by atoms with van der Waals surface area (Å²) in [4.78, 5) is 29.7. The summed E-state index contributed by atoms with van der Waals surface area (Å²) in [5.74, 6) is 0.237. The molecule has 3 atom stereocenters. The lowest BCUT2D eigenvalue weighted by molar-refractivity contribution is -0.189. The van der Waals surface area contributed by atoms with Crippen molar-refractivity contribution in [3.63, 3.8) is 0 Å². The SMILES string of the molecule is C=C1CCC(N2Cc3cc(O[C@@H]4CCC[C@H]4N4CCC5(CC4)OCCO5)ccc3C2=O)C(=O)N1. The first-order valence-corrected chi connectivity index (χ1v) is 12.6. The zero-order valence-corrected chi connectivity index (χ0v) is 19.6. The van der Waals surface area contributed by atoms with Crippen LogP contribution in [0, 0.1) is 0 Å². The molecule has 3 saturated heterocycles. The molecule has 1 N–H and O–H groups in total. The van der Waals surface area contributed by atoms with Crippen LogP contribution in [0.15, 0.2) is 30.5 Å². The van der Waals surface area contributed by atoms with Crippen LogP contribution in [-0.4, -0.2) is 71.9 Å². The van der Waals surface area contributed by atoms with Crippen molar-refractivity contribution in [3.05, 3.63) is 41.6 Å². The minimum absolute atomic E-state index is 0.0773. The summed E-state index contributed by atoms with van der Waals surface area (Å²) in [7, 11) is 0. The maximum Gasteiger partial charge on any atom is 0.255 e. The number of hydrogen-bond donors (Lipinski definition) is 1. The number of nitrogens with one attached hydrogen (secondary N) is 1. The molecule has 5 aliphatic rings. The molecule has 1 spiro atoms. The van der Waals surface area contributed by atoms with Crippen molar-refractivity contribution in [3.8, 4) is 5.75 Å². The van der Waals surface area contributed by atoms with Crippen LogP contribution >= 0.6 is 0 Å². The van der Waals surface area contributed by atoms with Crippen LogP contribution in [0.1, 0.15) is 60.9 Å². The maximum absolute atomic E-state index is 13.0. The fourth-order valence-electron chi connectivity index (χ4n) is 6.32. The molecule has 4 fully saturated rings. The van der Waals surface area contributed by atoms with E-state index in [0.717, 1.165) is 62.2 Å². The van der Waals surface area contributed by atoms with Gasteiger partial charge in [0, 0.05) is 49.8 Å². The average Bonchev–Trinajstić information content (AvgIpc) is 3.55. The summed E-state index contributed by atoms with van der Waals surface area (Å²) in [5.41, 5.74) is 2.33. The third-order valence-corrected chi connectivity index (χ3v) is 8.15. The van der Waals surface area contributed by atoms with Crippen LogP contribution in [0.25, 0.3) is 0 Å². The van der Waals surface area contributed by atoms with Gasteiger partial charge in [-0.25, -0.2) is 0 Å². The molecule has 0 bridgehead atoms. The molecule has 2 amide bonds. The Morgan fingerprint density at radius 1 is 1.09 bits per heavy atom. The van der Waals surface area contributed by atoms with E-state index >= 15 is 0 Å². The summed E-state index contributed by atoms with van der Waals surface area (Å²) in [6.07, 6.45) is 6.61. The van der Waals surface area contributed by atoms with Gasteiger partial charge in [0.1, 0.15) is 17.9 Å². The lowest BCUT2D eigenvalue weighted by Crippen LogP contribution is -2.51. The van der Waals surface area contributed by atoms with E-state index in [-0.39, 0.29) is 23.7 Å². The highest BCUT2D eigenvalue weighted by molar-refractivity contribution is 6.01. The summed E-state index contributed by atoms with van der Waals surface area (Å²) in [6.45, 7) is 7.62. The van der Waals surface area contributed by atoms with E-state index in [9.17, 15) is 9.59 Å². The van der Waals surface area contributed by atoms with Crippen molar-refractivity contribution in [2.24, 2.45) is 0 Å². The molecule has 4 heterocycles. The smallest absolute Gasteiger partial charge is 0.255 e. The number of amides is 2. The molecule has 8 nitrogen and oxygen atoms in total. The molecule has 34 heavy (non-hydrogen) atoms. The summed E-state index contributed by atoms with van der Waals surface area (Å²) in [5, 5.41) is 2.79. The number of nitrogens with zero attached hydrogens (tertiary/aromatic N) is 2. The van der Waals surface area contributed by atoms with Crippen LogP contribution in [-0.2, 0) is 20.8 Å². The van der Waals surface area contributed by atoms with E-state index < -0.39 is 6.04 Å². The third kappa shape index (κ3) is 3.91. The normalized spacial score (nSPS) is 31.2. The number of ether oxygens (including phenoxy) is 3. The van der Waals surface area contributed by atoms with Gasteiger partial charge in [0.25, 0.3) is 5.91 Å². The van der Waals surface area contributed by atoms with Gasteiger partial charge in [0.2, 0.25) is 5.91 Å². The number of hydrogen-bond acceptors (Lipinski definition) is 6. The van der Waals surface area contributed by atoms with Crippen molar-refractivity contribution < 1.29 is 23.8 Å². The van der Waals surface area contributed by atoms with Crippen molar-refractivity contribution in [2.75, 3.05) is 26.3 Å². The van der Waals surface area contributed by atoms with Gasteiger partial charge in [-0.15, -0.1) is 0 Å². The fourth-order valence-corrected chi connectivity index (χ4v) is 6.32. The predicted molar refractivity (Wildman–Crippen MR) is 124 cm³/mol. The maximum atomic E-state index is 13.0. The van der Waals surface area contributed by atoms with Crippen molar-refractivity contribution in [1.29, 1.82) is 0 Å². The second-order valence-electron chi connectivity index (χ2n) is 10.2. The quantitative estimate of drug-likeness (QED) is 0.733. The van der Waals surface area contributed by atoms with Gasteiger partial charge >= 0.3 is 0 Å². The molecule has 4 aliphatic heterocycles. The Morgan fingerprint density at radius 2 is 1.88 bits per heavy atom. The Bertz CT molecular complexity index is 994. The zero-order chi connectivity index (χ0) is 23.3. The summed E-state index contributed by atoms with van der Waals surface area (Å²) in [6, 6.07) is 5.71. The Kier molecular flexibility index (Phi) is 5.62. The molecular weight excluding hydrogens is 434 g/mol. The van der Waals surface area contributed by atoms with Crippen LogP contribution in [0.2, 0.25) is 0 Å². The fraction of sp³-hybridized carbons (Fsp3) is 0.615. The number of piperidine rings is 2. The van der Waals surface area contributed by atoms with Crippen LogP contribution < -0.4 is 10.1 Å². The first kappa shape index (κ1) is 22.1. The second kappa shape index (κ2) is 8.66. The van der Waals surface area contributed by atoms with E-state index in [0.29, 0.717) is 44.2 Å². The Morgan fingerprint density at radius 3 is 2.65 bits per heavy atom. The van der Waals surface area contributed by atoms with Gasteiger partial charge in [-0.3, -0.25) is 14.5 Å². The van der Waals surface area contributed by atoms with E-state index in [1.165, 1.54) is 0 Å². The first-order chi connectivity index (χ1) is 16.5. The van der Waals surface area contributed by atoms with Crippen LogP contribution in [0.3, 0.4) is 0 Å². The number of benzene rings is 1. The molecule has 1 aliphatic carbocycles. The Balaban J connectivity index is 1.11.